The van der Waals surface area contributed by atoms with Gasteiger partial charge in [-0.25, -0.2) is 9.37 Å². The van der Waals surface area contributed by atoms with Gasteiger partial charge >= 0.3 is 0 Å². The van der Waals surface area contributed by atoms with Crippen molar-refractivity contribution in [3.63, 3.8) is 0 Å². The molecule has 1 aliphatic rings. The molecule has 7 nitrogen and oxygen atoms in total. The van der Waals surface area contributed by atoms with Crippen LogP contribution in [0.15, 0.2) is 28.9 Å². The van der Waals surface area contributed by atoms with Gasteiger partial charge in [0.15, 0.2) is 5.69 Å². The number of β-amino-alcohol motifs (C(OH)–C–C–N with tert-alkyl or cyclic N) is 1. The summed E-state index contributed by atoms with van der Waals surface area (Å²) in [5, 5.41) is 17.2. The highest BCUT2D eigenvalue weighted by atomic mass is 19.1. The van der Waals surface area contributed by atoms with Crippen molar-refractivity contribution in [2.45, 2.75) is 31.8 Å². The zero-order valence-electron chi connectivity index (χ0n) is 14.0. The molecule has 1 fully saturated rings. The second kappa shape index (κ2) is 7.18. The van der Waals surface area contributed by atoms with E-state index in [4.69, 9.17) is 4.52 Å². The lowest BCUT2D eigenvalue weighted by Gasteiger charge is -2.39. The summed E-state index contributed by atoms with van der Waals surface area (Å²) in [6, 6.07) is 4.52. The highest BCUT2D eigenvalue weighted by Gasteiger charge is 2.34. The van der Waals surface area contributed by atoms with Crippen molar-refractivity contribution < 1.29 is 18.8 Å². The third-order valence-electron chi connectivity index (χ3n) is 4.31. The number of carbonyl (C=O) groups is 1. The molecule has 1 saturated heterocycles. The van der Waals surface area contributed by atoms with Gasteiger partial charge in [-0.1, -0.05) is 12.1 Å². The number of halogens is 1. The lowest BCUT2D eigenvalue weighted by Crippen LogP contribution is -2.54. The number of carbonyl (C=O) groups excluding carboxylic acids is 1. The number of nitrogens with zero attached hydrogens (tertiary/aromatic N) is 3. The van der Waals surface area contributed by atoms with E-state index in [1.165, 1.54) is 6.07 Å². The molecular weight excluding hydrogens is 327 g/mol. The molecule has 134 valence electrons. The maximum atomic E-state index is 13.0. The number of aryl methyl sites for hydroxylation is 1. The van der Waals surface area contributed by atoms with Crippen LogP contribution in [0.25, 0.3) is 0 Å². The van der Waals surface area contributed by atoms with Gasteiger partial charge in [-0.15, -0.1) is 0 Å². The first-order chi connectivity index (χ1) is 12.0. The number of hydrogen-bond donors (Lipinski definition) is 2. The Hall–Kier alpha value is -2.48. The van der Waals surface area contributed by atoms with Crippen LogP contribution in [-0.4, -0.2) is 46.4 Å². The summed E-state index contributed by atoms with van der Waals surface area (Å²) in [6.07, 6.45) is 3.11. The van der Waals surface area contributed by atoms with Crippen molar-refractivity contribution >= 4 is 11.7 Å². The predicted molar refractivity (Wildman–Crippen MR) is 88.8 cm³/mol. The number of aromatic nitrogens is 2. The summed E-state index contributed by atoms with van der Waals surface area (Å²) in [4.78, 5) is 18.1. The van der Waals surface area contributed by atoms with E-state index in [0.29, 0.717) is 31.0 Å². The largest absolute Gasteiger partial charge is 0.386 e. The van der Waals surface area contributed by atoms with Crippen molar-refractivity contribution in [3.8, 4) is 0 Å². The Labute approximate surface area is 144 Å². The summed E-state index contributed by atoms with van der Waals surface area (Å²) in [5.74, 6) is 0.460. The molecule has 2 aromatic heterocycles. The topological polar surface area (TPSA) is 91.5 Å². The van der Waals surface area contributed by atoms with Gasteiger partial charge in [-0.05, 0) is 25.0 Å². The van der Waals surface area contributed by atoms with Gasteiger partial charge in [-0.2, -0.15) is 0 Å². The van der Waals surface area contributed by atoms with Gasteiger partial charge < -0.3 is 19.8 Å². The summed E-state index contributed by atoms with van der Waals surface area (Å²) in [7, 11) is 0. The number of anilines is 1. The minimum absolute atomic E-state index is 0.0951. The molecular formula is C17H21FN4O3. The zero-order valence-corrected chi connectivity index (χ0v) is 14.0. The highest BCUT2D eigenvalue weighted by molar-refractivity contribution is 5.92. The normalized spacial score (nSPS) is 20.5. The summed E-state index contributed by atoms with van der Waals surface area (Å²) < 4.78 is 18.0. The molecule has 8 heteroatoms. The number of pyridine rings is 1. The number of hydrogen-bond acceptors (Lipinski definition) is 6. The Kier molecular flexibility index (Phi) is 4.98. The number of piperidine rings is 1. The van der Waals surface area contributed by atoms with Gasteiger partial charge in [0.25, 0.3) is 5.91 Å². The van der Waals surface area contributed by atoms with E-state index in [9.17, 15) is 14.3 Å². The number of rotatable bonds is 5. The van der Waals surface area contributed by atoms with Gasteiger partial charge in [-0.3, -0.25) is 4.79 Å². The number of aliphatic hydroxyl groups is 1. The van der Waals surface area contributed by atoms with Crippen molar-refractivity contribution in [2.75, 3.05) is 24.5 Å². The molecule has 2 aromatic rings. The van der Waals surface area contributed by atoms with E-state index in [1.807, 2.05) is 11.8 Å². The second-order valence-electron chi connectivity index (χ2n) is 6.30. The molecule has 1 amide bonds. The smallest absolute Gasteiger partial charge is 0.273 e. The van der Waals surface area contributed by atoms with Crippen molar-refractivity contribution in [1.82, 2.24) is 15.5 Å². The first kappa shape index (κ1) is 17.3. The maximum absolute atomic E-state index is 13.0. The summed E-state index contributed by atoms with van der Waals surface area (Å²) in [5.41, 5.74) is -0.880. The van der Waals surface area contributed by atoms with Crippen LogP contribution < -0.4 is 10.2 Å². The van der Waals surface area contributed by atoms with E-state index in [0.717, 1.165) is 19.2 Å². The number of amides is 1. The van der Waals surface area contributed by atoms with Crippen LogP contribution in [0.4, 0.5) is 10.2 Å². The van der Waals surface area contributed by atoms with E-state index >= 15 is 0 Å². The Balaban J connectivity index is 1.60. The molecule has 3 rings (SSSR count). The second-order valence-corrected chi connectivity index (χ2v) is 6.30. The third-order valence-corrected chi connectivity index (χ3v) is 4.31. The molecule has 25 heavy (non-hydrogen) atoms. The lowest BCUT2D eigenvalue weighted by molar-refractivity contribution is 0.0253. The predicted octanol–water partition coefficient (Wildman–Crippen LogP) is 1.53. The van der Waals surface area contributed by atoms with E-state index in [1.54, 1.807) is 12.1 Å². The van der Waals surface area contributed by atoms with Crippen LogP contribution in [-0.2, 0) is 6.42 Å². The summed E-state index contributed by atoms with van der Waals surface area (Å²) in [6.45, 7) is 3.03. The fourth-order valence-corrected chi connectivity index (χ4v) is 2.93. The summed E-state index contributed by atoms with van der Waals surface area (Å²) >= 11 is 0. The molecule has 1 aliphatic heterocycles. The molecule has 0 aliphatic carbocycles. The zero-order chi connectivity index (χ0) is 17.9. The Morgan fingerprint density at radius 2 is 2.36 bits per heavy atom. The van der Waals surface area contributed by atoms with E-state index in [-0.39, 0.29) is 18.1 Å². The minimum Gasteiger partial charge on any atom is -0.386 e. The van der Waals surface area contributed by atoms with Gasteiger partial charge in [0, 0.05) is 32.1 Å². The monoisotopic (exact) mass is 348 g/mol. The quantitative estimate of drug-likeness (QED) is 0.851. The first-order valence-electron chi connectivity index (χ1n) is 8.32. The van der Waals surface area contributed by atoms with Crippen LogP contribution in [0.2, 0.25) is 0 Å². The fourth-order valence-electron chi connectivity index (χ4n) is 2.93. The van der Waals surface area contributed by atoms with Gasteiger partial charge in [0.1, 0.15) is 17.4 Å². The highest BCUT2D eigenvalue weighted by Crippen LogP contribution is 2.24. The number of nitrogens with one attached hydrogen (secondary N) is 1. The van der Waals surface area contributed by atoms with Crippen LogP contribution in [0.1, 0.15) is 36.0 Å². The lowest BCUT2D eigenvalue weighted by atomic mass is 9.92. The van der Waals surface area contributed by atoms with Crippen LogP contribution in [0.3, 0.4) is 0 Å². The fraction of sp³-hybridized carbons (Fsp3) is 0.471. The molecule has 0 bridgehead atoms. The Morgan fingerprint density at radius 3 is 3.04 bits per heavy atom. The van der Waals surface area contributed by atoms with Gasteiger partial charge in [0.05, 0.1) is 11.8 Å². The molecule has 0 radical (unpaired) electrons. The minimum atomic E-state index is -1.08. The van der Waals surface area contributed by atoms with E-state index < -0.39 is 11.4 Å². The van der Waals surface area contributed by atoms with Crippen molar-refractivity contribution in [3.05, 3.63) is 41.7 Å². The van der Waals surface area contributed by atoms with Crippen molar-refractivity contribution in [1.29, 1.82) is 0 Å². The molecule has 0 spiro atoms. The molecule has 0 saturated carbocycles. The third kappa shape index (κ3) is 4.14. The molecule has 1 atom stereocenters. The van der Waals surface area contributed by atoms with Crippen LogP contribution >= 0.6 is 0 Å². The maximum Gasteiger partial charge on any atom is 0.273 e. The van der Waals surface area contributed by atoms with Crippen LogP contribution in [0, 0.1) is 5.82 Å². The van der Waals surface area contributed by atoms with E-state index in [2.05, 4.69) is 15.5 Å². The standard InChI is InChI=1S/C17H21FN4O3/c1-2-13-8-14(21-25-13)16(23)20-10-17(24)6-3-7-22(11-17)15-5-4-12(18)9-19-15/h4-5,8-9,24H,2-3,6-7,10-11H2,1H3,(H,20,23)/t17-/m0/s1. The Bertz CT molecular complexity index is 734. The average Bonchev–Trinajstić information content (AvgIpc) is 3.10. The molecule has 0 aromatic carbocycles. The molecule has 2 N–H and O–H groups in total. The molecule has 0 unspecified atom stereocenters. The SMILES string of the molecule is CCc1cc(C(=O)NC[C@@]2(O)CCCN(c3ccc(F)cn3)C2)no1. The van der Waals surface area contributed by atoms with Gasteiger partial charge in [0.2, 0.25) is 0 Å². The average molecular weight is 348 g/mol. The Morgan fingerprint density at radius 1 is 1.52 bits per heavy atom. The van der Waals surface area contributed by atoms with Crippen LogP contribution in [0.5, 0.6) is 0 Å². The molecule has 3 heterocycles. The first-order valence-corrected chi connectivity index (χ1v) is 8.32. The van der Waals surface area contributed by atoms with Crippen molar-refractivity contribution in [2.24, 2.45) is 0 Å².